The third-order valence-corrected chi connectivity index (χ3v) is 3.67. The summed E-state index contributed by atoms with van der Waals surface area (Å²) in [5.41, 5.74) is 1.80. The molecule has 19 heavy (non-hydrogen) atoms. The second kappa shape index (κ2) is 6.09. The Kier molecular flexibility index (Phi) is 4.46. The molecule has 1 atom stereocenters. The lowest BCUT2D eigenvalue weighted by molar-refractivity contribution is 0.0683. The number of rotatable bonds is 3. The Balaban J connectivity index is 2.12. The number of aryl methyl sites for hydroxylation is 1. The van der Waals surface area contributed by atoms with Gasteiger partial charge >= 0.3 is 0 Å². The molecule has 1 aliphatic heterocycles. The molecule has 0 aromatic heterocycles. The summed E-state index contributed by atoms with van der Waals surface area (Å²) in [6.07, 6.45) is 2.34. The van der Waals surface area contributed by atoms with E-state index in [1.54, 1.807) is 0 Å². The zero-order valence-electron chi connectivity index (χ0n) is 12.1. The average Bonchev–Trinajstić information content (AvgIpc) is 2.40. The number of hydrogen-bond acceptors (Lipinski definition) is 2. The van der Waals surface area contributed by atoms with Crippen LogP contribution in [0.2, 0.25) is 0 Å². The molecule has 0 aliphatic carbocycles. The van der Waals surface area contributed by atoms with Crippen LogP contribution >= 0.6 is 0 Å². The lowest BCUT2D eigenvalue weighted by atomic mass is 9.99. The minimum atomic E-state index is 0.151. The Bertz CT molecular complexity index is 456. The van der Waals surface area contributed by atoms with Gasteiger partial charge in [0.25, 0.3) is 5.91 Å². The van der Waals surface area contributed by atoms with E-state index in [0.29, 0.717) is 12.5 Å². The zero-order chi connectivity index (χ0) is 13.8. The van der Waals surface area contributed by atoms with Gasteiger partial charge in [0.2, 0.25) is 0 Å². The predicted molar refractivity (Wildman–Crippen MR) is 76.6 cm³/mol. The first-order valence-electron chi connectivity index (χ1n) is 7.14. The standard InChI is InChI=1S/C16H23NO2/c1-4-19-15-8-7-14(10-13(15)3)16(18)17-9-5-6-12(2)11-17/h7-8,10,12H,4-6,9,11H2,1-3H3/t12-/m1/s1. The van der Waals surface area contributed by atoms with E-state index in [9.17, 15) is 4.79 Å². The van der Waals surface area contributed by atoms with Crippen LogP contribution in [-0.4, -0.2) is 30.5 Å². The van der Waals surface area contributed by atoms with Gasteiger partial charge in [-0.25, -0.2) is 0 Å². The van der Waals surface area contributed by atoms with Crippen molar-refractivity contribution in [1.82, 2.24) is 4.90 Å². The molecule has 1 aliphatic rings. The number of benzene rings is 1. The van der Waals surface area contributed by atoms with E-state index in [2.05, 4.69) is 6.92 Å². The van der Waals surface area contributed by atoms with Crippen LogP contribution in [0, 0.1) is 12.8 Å². The summed E-state index contributed by atoms with van der Waals surface area (Å²) in [6, 6.07) is 5.71. The quantitative estimate of drug-likeness (QED) is 0.835. The van der Waals surface area contributed by atoms with Crippen molar-refractivity contribution in [2.45, 2.75) is 33.6 Å². The van der Waals surface area contributed by atoms with Crippen molar-refractivity contribution in [3.8, 4) is 5.75 Å². The van der Waals surface area contributed by atoms with Crippen LogP contribution in [0.25, 0.3) is 0 Å². The first kappa shape index (κ1) is 13.9. The molecule has 0 bridgehead atoms. The van der Waals surface area contributed by atoms with Crippen LogP contribution in [0.3, 0.4) is 0 Å². The molecule has 3 nitrogen and oxygen atoms in total. The fourth-order valence-corrected chi connectivity index (χ4v) is 2.66. The lowest BCUT2D eigenvalue weighted by Crippen LogP contribution is -2.39. The van der Waals surface area contributed by atoms with Gasteiger partial charge in [-0.3, -0.25) is 4.79 Å². The Morgan fingerprint density at radius 3 is 2.89 bits per heavy atom. The van der Waals surface area contributed by atoms with Crippen LogP contribution in [0.5, 0.6) is 5.75 Å². The second-order valence-corrected chi connectivity index (χ2v) is 5.41. The van der Waals surface area contributed by atoms with Gasteiger partial charge in [0.05, 0.1) is 6.61 Å². The maximum absolute atomic E-state index is 12.5. The maximum Gasteiger partial charge on any atom is 0.253 e. The normalized spacial score (nSPS) is 19.3. The molecule has 0 N–H and O–H groups in total. The number of carbonyl (C=O) groups excluding carboxylic acids is 1. The number of hydrogen-bond donors (Lipinski definition) is 0. The summed E-state index contributed by atoms with van der Waals surface area (Å²) < 4.78 is 5.51. The van der Waals surface area contributed by atoms with Crippen molar-refractivity contribution in [1.29, 1.82) is 0 Å². The van der Waals surface area contributed by atoms with Gasteiger partial charge in [-0.05, 0) is 56.4 Å². The number of nitrogens with zero attached hydrogens (tertiary/aromatic N) is 1. The van der Waals surface area contributed by atoms with Gasteiger partial charge in [0.15, 0.2) is 0 Å². The highest BCUT2D eigenvalue weighted by Crippen LogP contribution is 2.22. The summed E-state index contributed by atoms with van der Waals surface area (Å²) in [6.45, 7) is 8.58. The van der Waals surface area contributed by atoms with Gasteiger partial charge in [-0.2, -0.15) is 0 Å². The van der Waals surface area contributed by atoms with Gasteiger partial charge in [0.1, 0.15) is 5.75 Å². The lowest BCUT2D eigenvalue weighted by Gasteiger charge is -2.31. The number of amides is 1. The van der Waals surface area contributed by atoms with Crippen molar-refractivity contribution in [2.24, 2.45) is 5.92 Å². The number of likely N-dealkylation sites (tertiary alicyclic amines) is 1. The summed E-state index contributed by atoms with van der Waals surface area (Å²) in [5.74, 6) is 1.63. The van der Waals surface area contributed by atoms with Crippen molar-refractivity contribution in [2.75, 3.05) is 19.7 Å². The molecular formula is C16H23NO2. The molecule has 1 fully saturated rings. The molecule has 3 heteroatoms. The van der Waals surface area contributed by atoms with Gasteiger partial charge in [-0.15, -0.1) is 0 Å². The van der Waals surface area contributed by atoms with Crippen LogP contribution in [-0.2, 0) is 0 Å². The van der Waals surface area contributed by atoms with Crippen molar-refractivity contribution < 1.29 is 9.53 Å². The molecule has 1 aromatic rings. The van der Waals surface area contributed by atoms with E-state index in [4.69, 9.17) is 4.74 Å². The summed E-state index contributed by atoms with van der Waals surface area (Å²) in [5, 5.41) is 0. The van der Waals surface area contributed by atoms with E-state index in [1.165, 1.54) is 6.42 Å². The summed E-state index contributed by atoms with van der Waals surface area (Å²) in [4.78, 5) is 14.4. The highest BCUT2D eigenvalue weighted by Gasteiger charge is 2.22. The van der Waals surface area contributed by atoms with Gasteiger partial charge in [-0.1, -0.05) is 6.92 Å². The van der Waals surface area contributed by atoms with Crippen LogP contribution in [0.15, 0.2) is 18.2 Å². The molecule has 1 amide bonds. The topological polar surface area (TPSA) is 29.5 Å². The molecule has 104 valence electrons. The smallest absolute Gasteiger partial charge is 0.253 e. The third kappa shape index (κ3) is 3.28. The Morgan fingerprint density at radius 1 is 1.47 bits per heavy atom. The summed E-state index contributed by atoms with van der Waals surface area (Å²) >= 11 is 0. The maximum atomic E-state index is 12.5. The van der Waals surface area contributed by atoms with Crippen molar-refractivity contribution >= 4 is 5.91 Å². The fraction of sp³-hybridized carbons (Fsp3) is 0.562. The molecule has 1 aromatic carbocycles. The first-order chi connectivity index (χ1) is 9.11. The summed E-state index contributed by atoms with van der Waals surface area (Å²) in [7, 11) is 0. The number of ether oxygens (including phenoxy) is 1. The second-order valence-electron chi connectivity index (χ2n) is 5.41. The van der Waals surface area contributed by atoms with Crippen molar-refractivity contribution in [3.63, 3.8) is 0 Å². The average molecular weight is 261 g/mol. The van der Waals surface area contributed by atoms with E-state index < -0.39 is 0 Å². The van der Waals surface area contributed by atoms with Crippen LogP contribution < -0.4 is 4.74 Å². The number of carbonyl (C=O) groups is 1. The van der Waals surface area contributed by atoms with Crippen molar-refractivity contribution in [3.05, 3.63) is 29.3 Å². The Labute approximate surface area is 115 Å². The molecule has 1 heterocycles. The minimum Gasteiger partial charge on any atom is -0.494 e. The molecule has 1 saturated heterocycles. The third-order valence-electron chi connectivity index (χ3n) is 3.67. The van der Waals surface area contributed by atoms with E-state index in [0.717, 1.165) is 36.4 Å². The molecule has 0 radical (unpaired) electrons. The largest absolute Gasteiger partial charge is 0.494 e. The molecule has 0 unspecified atom stereocenters. The molecule has 2 rings (SSSR count). The van der Waals surface area contributed by atoms with Gasteiger partial charge < -0.3 is 9.64 Å². The highest BCUT2D eigenvalue weighted by molar-refractivity contribution is 5.94. The molecule has 0 spiro atoms. The Hall–Kier alpha value is -1.51. The predicted octanol–water partition coefficient (Wildman–Crippen LogP) is 3.27. The van der Waals surface area contributed by atoms with Crippen LogP contribution in [0.1, 0.15) is 42.6 Å². The number of piperidine rings is 1. The highest BCUT2D eigenvalue weighted by atomic mass is 16.5. The first-order valence-corrected chi connectivity index (χ1v) is 7.14. The molecule has 0 saturated carbocycles. The SMILES string of the molecule is CCOc1ccc(C(=O)N2CCC[C@@H](C)C2)cc1C. The van der Waals surface area contributed by atoms with Crippen LogP contribution in [0.4, 0.5) is 0 Å². The van der Waals surface area contributed by atoms with Gasteiger partial charge in [0, 0.05) is 18.7 Å². The minimum absolute atomic E-state index is 0.151. The molecular weight excluding hydrogens is 238 g/mol. The fourth-order valence-electron chi connectivity index (χ4n) is 2.66. The monoisotopic (exact) mass is 261 g/mol. The van der Waals surface area contributed by atoms with E-state index in [-0.39, 0.29) is 5.91 Å². The zero-order valence-corrected chi connectivity index (χ0v) is 12.1. The van der Waals surface area contributed by atoms with E-state index >= 15 is 0 Å². The Morgan fingerprint density at radius 2 is 2.26 bits per heavy atom. The van der Waals surface area contributed by atoms with E-state index in [1.807, 2.05) is 36.9 Å².